The third-order valence-corrected chi connectivity index (χ3v) is 5.65. The molecule has 29 heavy (non-hydrogen) atoms. The molecule has 1 atom stereocenters. The van der Waals surface area contributed by atoms with Gasteiger partial charge in [0.15, 0.2) is 5.69 Å². The molecular weight excluding hydrogens is 456 g/mol. The smallest absolute Gasteiger partial charge is 0.247 e. The molecule has 2 heterocycles. The first-order valence-corrected chi connectivity index (χ1v) is 10.7. The topological polar surface area (TPSA) is 77.4 Å². The van der Waals surface area contributed by atoms with Crippen LogP contribution in [0.2, 0.25) is 0 Å². The molecule has 0 bridgehead atoms. The zero-order valence-corrected chi connectivity index (χ0v) is 18.3. The summed E-state index contributed by atoms with van der Waals surface area (Å²) in [4.78, 5) is 18.8. The van der Waals surface area contributed by atoms with Crippen molar-refractivity contribution in [2.45, 2.75) is 18.3 Å². The molecule has 0 aliphatic carbocycles. The average molecular weight is 473 g/mol. The molecule has 148 valence electrons. The number of benzene rings is 2. The number of amides is 1. The van der Waals surface area contributed by atoms with Gasteiger partial charge in [-0.2, -0.15) is 4.98 Å². The van der Waals surface area contributed by atoms with Crippen molar-refractivity contribution < 1.29 is 14.3 Å². The molecule has 2 aromatic carbocycles. The Hall–Kier alpha value is -2.65. The zero-order valence-electron chi connectivity index (χ0n) is 15.9. The van der Waals surface area contributed by atoms with Crippen molar-refractivity contribution in [3.63, 3.8) is 0 Å². The molecule has 0 N–H and O–H groups in total. The summed E-state index contributed by atoms with van der Waals surface area (Å²) in [6.07, 6.45) is 1.14. The lowest BCUT2D eigenvalue weighted by Gasteiger charge is -2.30. The maximum atomic E-state index is 12.7. The van der Waals surface area contributed by atoms with Crippen molar-refractivity contribution in [1.29, 1.82) is 0 Å². The number of anilines is 1. The number of para-hydroxylation sites is 1. The highest BCUT2D eigenvalue weighted by Gasteiger charge is 2.34. The number of hydrogen-bond donors (Lipinski definition) is 0. The largest absolute Gasteiger partial charge is 0.496 e. The van der Waals surface area contributed by atoms with Crippen molar-refractivity contribution >= 4 is 39.3 Å². The Kier molecular flexibility index (Phi) is 5.42. The fraction of sp³-hybridized carbons (Fsp3) is 0.200. The SMILES string of the molecule is COc1ccc([C@@H]2Oc3nc(SC)nnc3-c3ccccc3N2C(C)=O)cc1Br. The summed E-state index contributed by atoms with van der Waals surface area (Å²) in [5, 5.41) is 8.98. The van der Waals surface area contributed by atoms with Gasteiger partial charge in [0.25, 0.3) is 0 Å². The Bertz CT molecular complexity index is 1100. The normalized spacial score (nSPS) is 15.0. The van der Waals surface area contributed by atoms with Gasteiger partial charge in [-0.15, -0.1) is 10.2 Å². The average Bonchev–Trinajstić information content (AvgIpc) is 2.87. The fourth-order valence-corrected chi connectivity index (χ4v) is 4.05. The van der Waals surface area contributed by atoms with E-state index in [1.54, 1.807) is 12.0 Å². The number of hydrogen-bond acceptors (Lipinski definition) is 7. The second-order valence-electron chi connectivity index (χ2n) is 6.22. The van der Waals surface area contributed by atoms with E-state index >= 15 is 0 Å². The Morgan fingerprint density at radius 2 is 2.03 bits per heavy atom. The molecular formula is C20H17BrN4O3S. The fourth-order valence-electron chi connectivity index (χ4n) is 3.19. The van der Waals surface area contributed by atoms with E-state index < -0.39 is 6.23 Å². The van der Waals surface area contributed by atoms with Crippen LogP contribution in [0.3, 0.4) is 0 Å². The minimum absolute atomic E-state index is 0.166. The van der Waals surface area contributed by atoms with Gasteiger partial charge in [0.1, 0.15) is 5.75 Å². The summed E-state index contributed by atoms with van der Waals surface area (Å²) in [6, 6.07) is 13.1. The summed E-state index contributed by atoms with van der Waals surface area (Å²) in [6.45, 7) is 1.51. The molecule has 1 aromatic heterocycles. The minimum Gasteiger partial charge on any atom is -0.496 e. The van der Waals surface area contributed by atoms with E-state index in [0.717, 1.165) is 15.6 Å². The van der Waals surface area contributed by atoms with Crippen LogP contribution in [0.4, 0.5) is 5.69 Å². The van der Waals surface area contributed by atoms with Crippen LogP contribution in [-0.2, 0) is 4.79 Å². The molecule has 1 aliphatic rings. The summed E-state index contributed by atoms with van der Waals surface area (Å²) < 4.78 is 12.4. The first-order valence-electron chi connectivity index (χ1n) is 8.71. The molecule has 0 radical (unpaired) electrons. The van der Waals surface area contributed by atoms with Crippen LogP contribution in [0.5, 0.6) is 11.6 Å². The van der Waals surface area contributed by atoms with Gasteiger partial charge in [-0.3, -0.25) is 9.69 Å². The number of halogens is 1. The Morgan fingerprint density at radius 3 is 2.72 bits per heavy atom. The molecule has 4 rings (SSSR count). The second kappa shape index (κ2) is 8.00. The lowest BCUT2D eigenvalue weighted by molar-refractivity contribution is -0.118. The van der Waals surface area contributed by atoms with E-state index in [9.17, 15) is 4.79 Å². The highest BCUT2D eigenvalue weighted by molar-refractivity contribution is 9.10. The molecule has 3 aromatic rings. The number of nitrogens with zero attached hydrogens (tertiary/aromatic N) is 4. The predicted molar refractivity (Wildman–Crippen MR) is 114 cm³/mol. The van der Waals surface area contributed by atoms with Crippen LogP contribution in [0.25, 0.3) is 11.3 Å². The molecule has 1 aliphatic heterocycles. The van der Waals surface area contributed by atoms with Gasteiger partial charge >= 0.3 is 0 Å². The lowest BCUT2D eigenvalue weighted by Crippen LogP contribution is -2.36. The van der Waals surface area contributed by atoms with E-state index in [4.69, 9.17) is 9.47 Å². The number of carbonyl (C=O) groups excluding carboxylic acids is 1. The van der Waals surface area contributed by atoms with Crippen LogP contribution in [0.15, 0.2) is 52.1 Å². The molecule has 0 unspecified atom stereocenters. The van der Waals surface area contributed by atoms with E-state index in [2.05, 4.69) is 31.1 Å². The standard InChI is InChI=1S/C20H17BrN4O3S/c1-11(26)25-15-7-5-4-6-13(15)17-18(22-20(29-3)24-23-17)28-19(25)12-8-9-16(27-2)14(21)10-12/h4-10,19H,1-3H3/t19-/m0/s1. The van der Waals surface area contributed by atoms with E-state index in [1.165, 1.54) is 18.7 Å². The first-order chi connectivity index (χ1) is 14.0. The van der Waals surface area contributed by atoms with Crippen LogP contribution in [0, 0.1) is 0 Å². The summed E-state index contributed by atoms with van der Waals surface area (Å²) in [5.41, 5.74) is 2.68. The van der Waals surface area contributed by atoms with Crippen LogP contribution < -0.4 is 14.4 Å². The molecule has 0 spiro atoms. The van der Waals surface area contributed by atoms with Gasteiger partial charge in [0, 0.05) is 18.1 Å². The highest BCUT2D eigenvalue weighted by atomic mass is 79.9. The number of methoxy groups -OCH3 is 1. The minimum atomic E-state index is -0.733. The third kappa shape index (κ3) is 3.56. The van der Waals surface area contributed by atoms with E-state index in [-0.39, 0.29) is 5.91 Å². The summed E-state index contributed by atoms with van der Waals surface area (Å²) in [5.74, 6) is 0.851. The van der Waals surface area contributed by atoms with Gasteiger partial charge in [-0.05, 0) is 46.5 Å². The molecule has 9 heteroatoms. The quantitative estimate of drug-likeness (QED) is 0.520. The van der Waals surface area contributed by atoms with Crippen LogP contribution >= 0.6 is 27.7 Å². The first kappa shape index (κ1) is 19.7. The van der Waals surface area contributed by atoms with Gasteiger partial charge in [0.05, 0.1) is 17.3 Å². The molecule has 0 fully saturated rings. The Labute approximate surface area is 180 Å². The number of ether oxygens (including phenoxy) is 2. The van der Waals surface area contributed by atoms with Crippen molar-refractivity contribution in [2.75, 3.05) is 18.3 Å². The highest BCUT2D eigenvalue weighted by Crippen LogP contribution is 2.44. The number of carbonyl (C=O) groups is 1. The van der Waals surface area contributed by atoms with E-state index in [0.29, 0.717) is 28.2 Å². The monoisotopic (exact) mass is 472 g/mol. The molecule has 0 saturated carbocycles. The number of rotatable bonds is 3. The van der Waals surface area contributed by atoms with Crippen molar-refractivity contribution in [3.8, 4) is 22.9 Å². The Balaban J connectivity index is 1.95. The van der Waals surface area contributed by atoms with Crippen molar-refractivity contribution in [3.05, 3.63) is 52.5 Å². The maximum Gasteiger partial charge on any atom is 0.247 e. The molecule has 0 saturated heterocycles. The second-order valence-corrected chi connectivity index (χ2v) is 7.85. The van der Waals surface area contributed by atoms with Crippen molar-refractivity contribution in [2.24, 2.45) is 0 Å². The van der Waals surface area contributed by atoms with Crippen LogP contribution in [-0.4, -0.2) is 34.5 Å². The van der Waals surface area contributed by atoms with Crippen LogP contribution in [0.1, 0.15) is 18.7 Å². The molecule has 1 amide bonds. The molecule has 7 nitrogen and oxygen atoms in total. The Morgan fingerprint density at radius 1 is 1.24 bits per heavy atom. The number of fused-ring (bicyclic) bond motifs is 3. The summed E-state index contributed by atoms with van der Waals surface area (Å²) >= 11 is 4.88. The predicted octanol–water partition coefficient (Wildman–Crippen LogP) is 4.48. The van der Waals surface area contributed by atoms with E-state index in [1.807, 2.05) is 48.7 Å². The number of thioether (sulfide) groups is 1. The zero-order chi connectivity index (χ0) is 20.5. The lowest BCUT2D eigenvalue weighted by atomic mass is 10.1. The van der Waals surface area contributed by atoms with Gasteiger partial charge in [-0.25, -0.2) is 0 Å². The summed E-state index contributed by atoms with van der Waals surface area (Å²) in [7, 11) is 1.60. The van der Waals surface area contributed by atoms with Gasteiger partial charge in [-0.1, -0.05) is 30.0 Å². The van der Waals surface area contributed by atoms with Crippen molar-refractivity contribution in [1.82, 2.24) is 15.2 Å². The van der Waals surface area contributed by atoms with Gasteiger partial charge < -0.3 is 9.47 Å². The maximum absolute atomic E-state index is 12.7. The third-order valence-electron chi connectivity index (χ3n) is 4.49. The van der Waals surface area contributed by atoms with Gasteiger partial charge in [0.2, 0.25) is 23.2 Å². The number of aromatic nitrogens is 3.